The van der Waals surface area contributed by atoms with Gasteiger partial charge >= 0.3 is 5.97 Å². The average Bonchev–Trinajstić information content (AvgIpc) is 2.96. The monoisotopic (exact) mass is 415 g/mol. The molecule has 1 amide bonds. The van der Waals surface area contributed by atoms with Gasteiger partial charge in [-0.1, -0.05) is 41.9 Å². The van der Waals surface area contributed by atoms with Crippen molar-refractivity contribution in [2.24, 2.45) is 0 Å². The number of carbonyl (C=O) groups is 2. The van der Waals surface area contributed by atoms with Crippen LogP contribution in [-0.4, -0.2) is 44.1 Å². The number of rotatable bonds is 5. The molecule has 2 aromatic carbocycles. The van der Waals surface area contributed by atoms with E-state index in [4.69, 9.17) is 25.8 Å². The Hall–Kier alpha value is -2.99. The van der Waals surface area contributed by atoms with Crippen molar-refractivity contribution in [3.8, 4) is 11.5 Å². The molecule has 0 unspecified atom stereocenters. The first kappa shape index (κ1) is 20.7. The summed E-state index contributed by atoms with van der Waals surface area (Å²) < 4.78 is 16.7. The van der Waals surface area contributed by atoms with E-state index in [9.17, 15) is 9.59 Å². The summed E-state index contributed by atoms with van der Waals surface area (Å²) in [5, 5.41) is 0.405. The van der Waals surface area contributed by atoms with E-state index < -0.39 is 12.1 Å². The molecular weight excluding hydrogens is 394 g/mol. The Bertz CT molecular complexity index is 911. The minimum atomic E-state index is -1.02. The molecule has 152 valence electrons. The lowest BCUT2D eigenvalue weighted by Gasteiger charge is -2.20. The average molecular weight is 416 g/mol. The van der Waals surface area contributed by atoms with Gasteiger partial charge in [-0.05, 0) is 23.8 Å². The highest BCUT2D eigenvalue weighted by Gasteiger charge is 2.25. The number of likely N-dealkylation sites (N-methyl/N-ethyl adjacent to an activating group) is 1. The Balaban J connectivity index is 1.76. The van der Waals surface area contributed by atoms with Crippen LogP contribution in [0.15, 0.2) is 48.5 Å². The fraction of sp³-hybridized carbons (Fsp3) is 0.273. The minimum Gasteiger partial charge on any atom is -0.489 e. The van der Waals surface area contributed by atoms with Gasteiger partial charge in [0.25, 0.3) is 5.91 Å². The van der Waals surface area contributed by atoms with E-state index in [0.717, 1.165) is 6.42 Å². The number of carbonyl (C=O) groups excluding carboxylic acids is 2. The predicted molar refractivity (Wildman–Crippen MR) is 110 cm³/mol. The first-order valence-corrected chi connectivity index (χ1v) is 9.57. The second-order valence-electron chi connectivity index (χ2n) is 6.67. The fourth-order valence-corrected chi connectivity index (χ4v) is 3.06. The van der Waals surface area contributed by atoms with Crippen LogP contribution in [0.5, 0.6) is 11.5 Å². The van der Waals surface area contributed by atoms with E-state index in [1.165, 1.54) is 11.0 Å². The van der Waals surface area contributed by atoms with Crippen molar-refractivity contribution in [1.82, 2.24) is 4.90 Å². The lowest BCUT2D eigenvalue weighted by molar-refractivity contribution is -0.155. The molecule has 0 N–H and O–H groups in total. The number of halogens is 1. The Morgan fingerprint density at radius 1 is 1.14 bits per heavy atom. The summed E-state index contributed by atoms with van der Waals surface area (Å²) in [6.07, 6.45) is 2.57. The van der Waals surface area contributed by atoms with Crippen molar-refractivity contribution in [3.63, 3.8) is 0 Å². The summed E-state index contributed by atoms with van der Waals surface area (Å²) in [7, 11) is 3.23. The van der Waals surface area contributed by atoms with Crippen LogP contribution in [-0.2, 0) is 14.3 Å². The number of hydrogen-bond acceptors (Lipinski definition) is 5. The molecule has 1 atom stereocenters. The second kappa shape index (κ2) is 9.47. The number of hydrogen-bond donors (Lipinski definition) is 0. The largest absolute Gasteiger partial charge is 0.489 e. The topological polar surface area (TPSA) is 65.1 Å². The van der Waals surface area contributed by atoms with Gasteiger partial charge in [-0.15, -0.1) is 0 Å². The zero-order valence-corrected chi connectivity index (χ0v) is 17.0. The molecule has 0 aliphatic carbocycles. The van der Waals surface area contributed by atoms with Gasteiger partial charge in [0.05, 0.1) is 18.2 Å². The molecule has 0 radical (unpaired) electrons. The third-order valence-corrected chi connectivity index (χ3v) is 4.52. The molecule has 0 saturated carbocycles. The van der Waals surface area contributed by atoms with E-state index in [-0.39, 0.29) is 5.91 Å². The highest BCUT2D eigenvalue weighted by Crippen LogP contribution is 2.38. The maximum absolute atomic E-state index is 12.5. The Morgan fingerprint density at radius 2 is 1.86 bits per heavy atom. The van der Waals surface area contributed by atoms with E-state index in [1.807, 2.05) is 6.07 Å². The summed E-state index contributed by atoms with van der Waals surface area (Å²) in [5.41, 5.74) is 1.26. The molecule has 0 bridgehead atoms. The molecule has 0 fully saturated rings. The molecule has 0 aromatic heterocycles. The summed E-state index contributed by atoms with van der Waals surface area (Å²) in [5.74, 6) is 0.0754. The maximum atomic E-state index is 12.5. The Morgan fingerprint density at radius 3 is 2.59 bits per heavy atom. The number of esters is 1. The van der Waals surface area contributed by atoms with Crippen molar-refractivity contribution >= 4 is 29.6 Å². The van der Waals surface area contributed by atoms with Gasteiger partial charge in [-0.2, -0.15) is 0 Å². The number of fused-ring (bicyclic) bond motifs is 1. The highest BCUT2D eigenvalue weighted by molar-refractivity contribution is 6.32. The van der Waals surface area contributed by atoms with Gasteiger partial charge in [-0.3, -0.25) is 4.79 Å². The fourth-order valence-electron chi connectivity index (χ4n) is 2.79. The van der Waals surface area contributed by atoms with Crippen LogP contribution in [0.1, 0.15) is 23.7 Å². The minimum absolute atomic E-state index is 0.323. The molecule has 6 nitrogen and oxygen atoms in total. The predicted octanol–water partition coefficient (Wildman–Crippen LogP) is 3.89. The van der Waals surface area contributed by atoms with Gasteiger partial charge in [-0.25, -0.2) is 4.79 Å². The highest BCUT2D eigenvalue weighted by atomic mass is 35.5. The van der Waals surface area contributed by atoms with E-state index >= 15 is 0 Å². The van der Waals surface area contributed by atoms with Crippen LogP contribution in [0.25, 0.3) is 6.08 Å². The lowest BCUT2D eigenvalue weighted by Crippen LogP contribution is -2.30. The Labute approximate surface area is 174 Å². The van der Waals surface area contributed by atoms with Gasteiger partial charge < -0.3 is 19.1 Å². The standard InChI is InChI=1S/C22H22ClNO5/c1-24(2)22(26)20(16-7-4-3-5-8-16)29-19(25)10-9-15-13-17(23)21-18(14-15)27-11-6-12-28-21/h3-5,7-10,13-14,20H,6,11-12H2,1-2H3/b10-9+/t20-/m1/s1. The lowest BCUT2D eigenvalue weighted by atomic mass is 10.1. The molecule has 0 spiro atoms. The van der Waals surface area contributed by atoms with Crippen molar-refractivity contribution in [2.45, 2.75) is 12.5 Å². The quantitative estimate of drug-likeness (QED) is 0.547. The number of nitrogens with zero attached hydrogens (tertiary/aromatic N) is 1. The van der Waals surface area contributed by atoms with Gasteiger partial charge in [0.2, 0.25) is 6.10 Å². The zero-order chi connectivity index (χ0) is 20.8. The molecule has 29 heavy (non-hydrogen) atoms. The molecule has 3 rings (SSSR count). The molecule has 7 heteroatoms. The third-order valence-electron chi connectivity index (χ3n) is 4.24. The SMILES string of the molecule is CN(C)C(=O)[C@H](OC(=O)/C=C/c1cc(Cl)c2c(c1)OCCCO2)c1ccccc1. The molecular formula is C22H22ClNO5. The zero-order valence-electron chi connectivity index (χ0n) is 16.3. The molecule has 1 aliphatic rings. The van der Waals surface area contributed by atoms with Crippen molar-refractivity contribution in [2.75, 3.05) is 27.3 Å². The number of ether oxygens (including phenoxy) is 3. The van der Waals surface area contributed by atoms with Gasteiger partial charge in [0, 0.05) is 32.2 Å². The van der Waals surface area contributed by atoms with E-state index in [1.54, 1.807) is 56.6 Å². The molecule has 2 aromatic rings. The van der Waals surface area contributed by atoms with Crippen molar-refractivity contribution in [1.29, 1.82) is 0 Å². The van der Waals surface area contributed by atoms with E-state index in [0.29, 0.717) is 40.9 Å². The van der Waals surface area contributed by atoms with Gasteiger partial charge in [0.1, 0.15) is 0 Å². The first-order chi connectivity index (χ1) is 14.0. The van der Waals surface area contributed by atoms with Crippen molar-refractivity contribution in [3.05, 3.63) is 64.7 Å². The third kappa shape index (κ3) is 5.29. The second-order valence-corrected chi connectivity index (χ2v) is 7.08. The summed E-state index contributed by atoms with van der Waals surface area (Å²) >= 11 is 6.27. The summed E-state index contributed by atoms with van der Waals surface area (Å²) in [6.45, 7) is 1.07. The van der Waals surface area contributed by atoms with Gasteiger partial charge in [0.15, 0.2) is 11.5 Å². The van der Waals surface area contributed by atoms with Crippen LogP contribution < -0.4 is 9.47 Å². The smallest absolute Gasteiger partial charge is 0.331 e. The Kier molecular flexibility index (Phi) is 6.77. The van der Waals surface area contributed by atoms with Crippen LogP contribution in [0.3, 0.4) is 0 Å². The van der Waals surface area contributed by atoms with Crippen LogP contribution in [0.2, 0.25) is 5.02 Å². The molecule has 0 saturated heterocycles. The summed E-state index contributed by atoms with van der Waals surface area (Å²) in [6, 6.07) is 12.3. The first-order valence-electron chi connectivity index (χ1n) is 9.19. The molecule has 1 aliphatic heterocycles. The number of amides is 1. The molecule has 1 heterocycles. The normalized spacial score (nSPS) is 14.2. The van der Waals surface area contributed by atoms with Crippen LogP contribution in [0, 0.1) is 0 Å². The van der Waals surface area contributed by atoms with Crippen molar-refractivity contribution < 1.29 is 23.8 Å². The number of benzene rings is 2. The summed E-state index contributed by atoms with van der Waals surface area (Å²) in [4.78, 5) is 26.2. The van der Waals surface area contributed by atoms with E-state index in [2.05, 4.69) is 0 Å². The van der Waals surface area contributed by atoms with Crippen LogP contribution in [0.4, 0.5) is 0 Å². The van der Waals surface area contributed by atoms with Crippen LogP contribution >= 0.6 is 11.6 Å². The maximum Gasteiger partial charge on any atom is 0.331 e.